The van der Waals surface area contributed by atoms with Crippen LogP contribution < -0.4 is 25.6 Å². The summed E-state index contributed by atoms with van der Waals surface area (Å²) in [7, 11) is 1.35. The van der Waals surface area contributed by atoms with Gasteiger partial charge in [0.05, 0.1) is 19.1 Å². The van der Waals surface area contributed by atoms with Gasteiger partial charge in [-0.25, -0.2) is 9.48 Å². The summed E-state index contributed by atoms with van der Waals surface area (Å²) in [4.78, 5) is 39.1. The van der Waals surface area contributed by atoms with Gasteiger partial charge in [-0.3, -0.25) is 14.2 Å². The number of nitrogens with zero attached hydrogens (tertiary/aromatic N) is 4. The first-order chi connectivity index (χ1) is 20.5. The normalized spacial score (nSPS) is 12.2. The fourth-order valence-electron chi connectivity index (χ4n) is 4.31. The van der Waals surface area contributed by atoms with E-state index >= 15 is 0 Å². The number of anilines is 1. The van der Waals surface area contributed by atoms with E-state index in [2.05, 4.69) is 12.0 Å². The average Bonchev–Trinajstić information content (AvgIpc) is 2.97. The maximum atomic E-state index is 13.0. The van der Waals surface area contributed by atoms with Crippen molar-refractivity contribution < 1.29 is 32.2 Å². The van der Waals surface area contributed by atoms with Gasteiger partial charge in [0, 0.05) is 33.1 Å². The van der Waals surface area contributed by atoms with Gasteiger partial charge in [0.15, 0.2) is 11.5 Å². The Balaban J connectivity index is 2.12. The Labute approximate surface area is 250 Å². The molecule has 0 aliphatic heterocycles. The van der Waals surface area contributed by atoms with Crippen molar-refractivity contribution >= 4 is 11.8 Å². The third-order valence-electron chi connectivity index (χ3n) is 6.74. The summed E-state index contributed by atoms with van der Waals surface area (Å²) in [5.74, 6) is -0.0355. The van der Waals surface area contributed by atoms with Crippen LogP contribution in [0.4, 0.5) is 19.0 Å². The number of benzene rings is 1. The van der Waals surface area contributed by atoms with E-state index in [-0.39, 0.29) is 51.1 Å². The van der Waals surface area contributed by atoms with Crippen LogP contribution in [0, 0.1) is 5.92 Å². The highest BCUT2D eigenvalue weighted by Gasteiger charge is 2.27. The second-order valence-electron chi connectivity index (χ2n) is 10.4. The summed E-state index contributed by atoms with van der Waals surface area (Å²) < 4.78 is 57.6. The van der Waals surface area contributed by atoms with E-state index in [1.807, 2.05) is 0 Å². The first-order valence-corrected chi connectivity index (χ1v) is 15.0. The Bertz CT molecular complexity index is 1250. The van der Waals surface area contributed by atoms with Crippen molar-refractivity contribution in [2.24, 2.45) is 13.0 Å². The number of alkyl halides is 3. The molecule has 0 aliphatic rings. The molecule has 1 atom stereocenters. The molecule has 0 fully saturated rings. The molecule has 0 radical (unpaired) electrons. The number of unbranched alkanes of at least 4 members (excludes halogenated alkanes) is 4. The molecule has 0 bridgehead atoms. The van der Waals surface area contributed by atoms with Gasteiger partial charge < -0.3 is 19.1 Å². The summed E-state index contributed by atoms with van der Waals surface area (Å²) in [6.45, 7) is 6.49. The second kappa shape index (κ2) is 18.2. The molecule has 0 N–H and O–H groups in total. The molecule has 10 nitrogen and oxygen atoms in total. The van der Waals surface area contributed by atoms with E-state index < -0.39 is 29.8 Å². The Kier molecular flexibility index (Phi) is 15.1. The lowest BCUT2D eigenvalue weighted by Crippen LogP contribution is -2.44. The van der Waals surface area contributed by atoms with Crippen LogP contribution in [0.25, 0.3) is 0 Å². The molecule has 0 saturated carbocycles. The van der Waals surface area contributed by atoms with Crippen LogP contribution in [-0.4, -0.2) is 59.4 Å². The van der Waals surface area contributed by atoms with Crippen LogP contribution in [-0.2, 0) is 23.1 Å². The molecule has 1 unspecified atom stereocenters. The number of hydrogen-bond acceptors (Lipinski definition) is 8. The van der Waals surface area contributed by atoms with Crippen molar-refractivity contribution in [3.63, 3.8) is 0 Å². The van der Waals surface area contributed by atoms with Crippen LogP contribution in [0.3, 0.4) is 0 Å². The lowest BCUT2D eigenvalue weighted by atomic mass is 10.1. The summed E-state index contributed by atoms with van der Waals surface area (Å²) in [6, 6.07) is 6.94. The molecule has 0 amide bonds. The molecule has 0 aliphatic carbocycles. The van der Waals surface area contributed by atoms with Crippen molar-refractivity contribution in [2.45, 2.75) is 84.9 Å². The molecule has 1 aromatic carbocycles. The molecule has 13 heteroatoms. The van der Waals surface area contributed by atoms with Gasteiger partial charge in [-0.2, -0.15) is 13.2 Å². The maximum absolute atomic E-state index is 13.0. The highest BCUT2D eigenvalue weighted by molar-refractivity contribution is 5.72. The predicted octanol–water partition coefficient (Wildman–Crippen LogP) is 5.11. The first-order valence-electron chi connectivity index (χ1n) is 15.0. The van der Waals surface area contributed by atoms with Gasteiger partial charge in [-0.05, 0) is 45.2 Å². The largest absolute Gasteiger partial charge is 0.490 e. The Morgan fingerprint density at radius 1 is 0.977 bits per heavy atom. The van der Waals surface area contributed by atoms with E-state index in [9.17, 15) is 27.6 Å². The molecule has 0 saturated heterocycles. The Hall–Kier alpha value is -3.51. The van der Waals surface area contributed by atoms with Crippen LogP contribution in [0.5, 0.6) is 11.5 Å². The second-order valence-corrected chi connectivity index (χ2v) is 10.4. The Morgan fingerprint density at radius 2 is 1.63 bits per heavy atom. The van der Waals surface area contributed by atoms with Crippen molar-refractivity contribution in [2.75, 3.05) is 37.8 Å². The molecular formula is C30H45F3N4O6. The third-order valence-corrected chi connectivity index (χ3v) is 6.74. The van der Waals surface area contributed by atoms with Gasteiger partial charge in [0.25, 0.3) is 5.56 Å². The van der Waals surface area contributed by atoms with Crippen LogP contribution in [0.2, 0.25) is 0 Å². The van der Waals surface area contributed by atoms with E-state index in [1.54, 1.807) is 38.1 Å². The molecule has 1 aromatic heterocycles. The monoisotopic (exact) mass is 614 g/mol. The minimum Gasteiger partial charge on any atom is -0.490 e. The maximum Gasteiger partial charge on any atom is 0.389 e. The van der Waals surface area contributed by atoms with E-state index in [1.165, 1.54) is 16.6 Å². The number of rotatable bonds is 20. The molecule has 2 rings (SSSR count). The zero-order valence-electron chi connectivity index (χ0n) is 25.7. The fourth-order valence-corrected chi connectivity index (χ4v) is 4.31. The van der Waals surface area contributed by atoms with Crippen LogP contribution >= 0.6 is 0 Å². The number of carbonyl (C=O) groups excluding carboxylic acids is 1. The lowest BCUT2D eigenvalue weighted by Gasteiger charge is -2.24. The standard InChI is InChI=1S/C30H45F3N4O6/c1-5-7-8-9-12-20-37-29(40)35(4)27(38)26(34-37)36(18-13-17-30(31,32)33)19-14-21-42-24-15-10-11-16-25(24)43-22-23(3)28(39)41-6-2/h10-11,15-16,23H,5-9,12-14,17-22H2,1-4H3. The zero-order chi connectivity index (χ0) is 31.8. The average molecular weight is 615 g/mol. The van der Waals surface area contributed by atoms with Gasteiger partial charge in [-0.1, -0.05) is 44.7 Å². The number of aromatic nitrogens is 3. The smallest absolute Gasteiger partial charge is 0.389 e. The quantitative estimate of drug-likeness (QED) is 0.150. The molecule has 2 aromatic rings. The summed E-state index contributed by atoms with van der Waals surface area (Å²) in [5.41, 5.74) is -1.22. The van der Waals surface area contributed by atoms with Crippen molar-refractivity contribution in [3.8, 4) is 11.5 Å². The molecule has 1 heterocycles. The minimum atomic E-state index is -4.33. The summed E-state index contributed by atoms with van der Waals surface area (Å²) >= 11 is 0. The Morgan fingerprint density at radius 3 is 2.28 bits per heavy atom. The molecular weight excluding hydrogens is 569 g/mol. The van der Waals surface area contributed by atoms with Gasteiger partial charge in [0.1, 0.15) is 6.61 Å². The van der Waals surface area contributed by atoms with Gasteiger partial charge in [0.2, 0.25) is 5.82 Å². The number of para-hydroxylation sites is 2. The van der Waals surface area contributed by atoms with E-state index in [0.29, 0.717) is 30.9 Å². The number of ether oxygens (including phenoxy) is 3. The number of esters is 1. The van der Waals surface area contributed by atoms with Crippen LogP contribution in [0.1, 0.15) is 72.1 Å². The predicted molar refractivity (Wildman–Crippen MR) is 158 cm³/mol. The number of carbonyl (C=O) groups is 1. The summed E-state index contributed by atoms with van der Waals surface area (Å²) in [6.07, 6.45) is -0.448. The third kappa shape index (κ3) is 12.3. The molecule has 0 spiro atoms. The first kappa shape index (κ1) is 35.7. The minimum absolute atomic E-state index is 0.0606. The van der Waals surface area contributed by atoms with Gasteiger partial charge in [-0.15, -0.1) is 5.10 Å². The molecule has 242 valence electrons. The number of hydrogen-bond donors (Lipinski definition) is 0. The van der Waals surface area contributed by atoms with Crippen LogP contribution in [0.15, 0.2) is 33.9 Å². The number of aryl methyl sites for hydroxylation is 1. The van der Waals surface area contributed by atoms with E-state index in [4.69, 9.17) is 14.2 Å². The SMILES string of the molecule is CCCCCCCn1nc(N(CCCOc2ccccc2OCC(C)C(=O)OCC)CCCC(F)(F)F)c(=O)n(C)c1=O. The van der Waals surface area contributed by atoms with Crippen molar-refractivity contribution in [1.29, 1.82) is 0 Å². The van der Waals surface area contributed by atoms with Crippen molar-refractivity contribution in [3.05, 3.63) is 45.1 Å². The van der Waals surface area contributed by atoms with E-state index in [0.717, 1.165) is 30.3 Å². The number of halogens is 3. The van der Waals surface area contributed by atoms with Crippen molar-refractivity contribution in [1.82, 2.24) is 14.3 Å². The highest BCUT2D eigenvalue weighted by Crippen LogP contribution is 2.27. The lowest BCUT2D eigenvalue weighted by molar-refractivity contribution is -0.148. The zero-order valence-corrected chi connectivity index (χ0v) is 25.7. The van der Waals surface area contributed by atoms with Gasteiger partial charge >= 0.3 is 17.8 Å². The molecule has 43 heavy (non-hydrogen) atoms. The summed E-state index contributed by atoms with van der Waals surface area (Å²) in [5, 5.41) is 4.30. The topological polar surface area (TPSA) is 105 Å². The highest BCUT2D eigenvalue weighted by atomic mass is 19.4. The fraction of sp³-hybridized carbons (Fsp3) is 0.667.